The highest BCUT2D eigenvalue weighted by Crippen LogP contribution is 2.38. The normalized spacial score (nSPS) is 10.7. The minimum atomic E-state index is -0.415. The Labute approximate surface area is 190 Å². The van der Waals surface area contributed by atoms with Crippen molar-refractivity contribution in [2.75, 3.05) is 26.6 Å². The van der Waals surface area contributed by atoms with Crippen molar-refractivity contribution in [1.82, 2.24) is 14.8 Å². The van der Waals surface area contributed by atoms with Crippen LogP contribution in [0.4, 0.5) is 5.95 Å². The van der Waals surface area contributed by atoms with Gasteiger partial charge in [-0.15, -0.1) is 5.10 Å². The number of furan rings is 1. The SMILES string of the molecule is COc1cc(C(=O)n2nc(-c3ccc(C)cc3)nc2NCc2ccco2)cc(OC)c1OC. The predicted molar refractivity (Wildman–Crippen MR) is 122 cm³/mol. The lowest BCUT2D eigenvalue weighted by atomic mass is 10.1. The first kappa shape index (κ1) is 21.9. The molecule has 0 spiro atoms. The number of hydrogen-bond donors (Lipinski definition) is 1. The maximum Gasteiger partial charge on any atom is 0.281 e. The molecule has 170 valence electrons. The molecule has 2 aromatic heterocycles. The van der Waals surface area contributed by atoms with Crippen LogP contribution in [0.3, 0.4) is 0 Å². The fourth-order valence-electron chi connectivity index (χ4n) is 3.30. The largest absolute Gasteiger partial charge is 0.493 e. The summed E-state index contributed by atoms with van der Waals surface area (Å²) in [6.07, 6.45) is 1.58. The standard InChI is InChI=1S/C24H24N4O5/c1-15-7-9-16(10-8-15)22-26-24(25-14-18-6-5-11-33-18)28(27-22)23(29)17-12-19(30-2)21(32-4)20(13-17)31-3/h5-13H,14H2,1-4H3,(H,25,26,27). The van der Waals surface area contributed by atoms with Gasteiger partial charge in [0.1, 0.15) is 5.76 Å². The topological polar surface area (TPSA) is 101 Å². The molecule has 0 radical (unpaired) electrons. The molecule has 4 rings (SSSR count). The van der Waals surface area contributed by atoms with Gasteiger partial charge in [-0.1, -0.05) is 29.8 Å². The summed E-state index contributed by atoms with van der Waals surface area (Å²) in [6, 6.07) is 14.5. The maximum atomic E-state index is 13.5. The Hall–Kier alpha value is -4.27. The molecule has 9 heteroatoms. The zero-order valence-corrected chi connectivity index (χ0v) is 18.8. The number of nitrogens with zero attached hydrogens (tertiary/aromatic N) is 3. The van der Waals surface area contributed by atoms with E-state index in [4.69, 9.17) is 18.6 Å². The van der Waals surface area contributed by atoms with Crippen LogP contribution >= 0.6 is 0 Å². The summed E-state index contributed by atoms with van der Waals surface area (Å²) in [4.78, 5) is 18.1. The molecule has 0 amide bonds. The Morgan fingerprint density at radius 3 is 2.30 bits per heavy atom. The third kappa shape index (κ3) is 4.52. The molecule has 0 fully saturated rings. The first-order valence-corrected chi connectivity index (χ1v) is 10.2. The van der Waals surface area contributed by atoms with Gasteiger partial charge in [0.25, 0.3) is 5.91 Å². The Bertz CT molecular complexity index is 1220. The minimum Gasteiger partial charge on any atom is -0.493 e. The number of nitrogens with one attached hydrogen (secondary N) is 1. The Kier molecular flexibility index (Phi) is 6.30. The van der Waals surface area contributed by atoms with Crippen molar-refractivity contribution in [3.8, 4) is 28.6 Å². The van der Waals surface area contributed by atoms with Crippen molar-refractivity contribution >= 4 is 11.9 Å². The monoisotopic (exact) mass is 448 g/mol. The summed E-state index contributed by atoms with van der Waals surface area (Å²) in [7, 11) is 4.49. The van der Waals surface area contributed by atoms with Crippen molar-refractivity contribution in [2.45, 2.75) is 13.5 Å². The second-order valence-corrected chi connectivity index (χ2v) is 7.19. The quantitative estimate of drug-likeness (QED) is 0.429. The van der Waals surface area contributed by atoms with E-state index < -0.39 is 5.91 Å². The third-order valence-electron chi connectivity index (χ3n) is 5.02. The van der Waals surface area contributed by atoms with Crippen LogP contribution in [0, 0.1) is 6.92 Å². The summed E-state index contributed by atoms with van der Waals surface area (Å²) >= 11 is 0. The number of carbonyl (C=O) groups is 1. The number of benzene rings is 2. The van der Waals surface area contributed by atoms with Gasteiger partial charge in [0.2, 0.25) is 11.7 Å². The fourth-order valence-corrected chi connectivity index (χ4v) is 3.30. The van der Waals surface area contributed by atoms with Crippen LogP contribution < -0.4 is 19.5 Å². The van der Waals surface area contributed by atoms with E-state index in [2.05, 4.69) is 15.4 Å². The summed E-state index contributed by atoms with van der Waals surface area (Å²) in [5.41, 5.74) is 2.20. The van der Waals surface area contributed by atoms with Crippen LogP contribution in [0.1, 0.15) is 21.7 Å². The molecule has 2 aromatic carbocycles. The van der Waals surface area contributed by atoms with E-state index in [1.54, 1.807) is 24.5 Å². The van der Waals surface area contributed by atoms with E-state index in [9.17, 15) is 4.79 Å². The smallest absolute Gasteiger partial charge is 0.281 e. The molecule has 1 N–H and O–H groups in total. The molecular weight excluding hydrogens is 424 g/mol. The van der Waals surface area contributed by atoms with E-state index in [-0.39, 0.29) is 5.95 Å². The van der Waals surface area contributed by atoms with E-state index >= 15 is 0 Å². The van der Waals surface area contributed by atoms with E-state index in [0.29, 0.717) is 40.9 Å². The summed E-state index contributed by atoms with van der Waals surface area (Å²) in [5, 5.41) is 7.63. The van der Waals surface area contributed by atoms with Crippen LogP contribution in [-0.2, 0) is 6.54 Å². The number of carbonyl (C=O) groups excluding carboxylic acids is 1. The van der Waals surface area contributed by atoms with Crippen LogP contribution in [0.5, 0.6) is 17.2 Å². The highest BCUT2D eigenvalue weighted by Gasteiger charge is 2.23. The molecule has 0 unspecified atom stereocenters. The van der Waals surface area contributed by atoms with Crippen molar-refractivity contribution in [3.63, 3.8) is 0 Å². The Morgan fingerprint density at radius 2 is 1.73 bits per heavy atom. The zero-order chi connectivity index (χ0) is 23.4. The van der Waals surface area contributed by atoms with Gasteiger partial charge in [-0.25, -0.2) is 0 Å². The average molecular weight is 448 g/mol. The van der Waals surface area contributed by atoms with E-state index in [1.165, 1.54) is 26.0 Å². The van der Waals surface area contributed by atoms with Crippen LogP contribution in [0.15, 0.2) is 59.2 Å². The van der Waals surface area contributed by atoms with Gasteiger partial charge in [0.15, 0.2) is 17.3 Å². The van der Waals surface area contributed by atoms with Crippen LogP contribution in [-0.4, -0.2) is 42.0 Å². The van der Waals surface area contributed by atoms with E-state index in [0.717, 1.165) is 11.1 Å². The Morgan fingerprint density at radius 1 is 1.03 bits per heavy atom. The van der Waals surface area contributed by atoms with Crippen LogP contribution in [0.2, 0.25) is 0 Å². The van der Waals surface area contributed by atoms with Gasteiger partial charge in [-0.3, -0.25) is 4.79 Å². The predicted octanol–water partition coefficient (Wildman–Crippen LogP) is 4.17. The summed E-state index contributed by atoms with van der Waals surface area (Å²) in [5.74, 6) is 2.10. The molecule has 0 saturated heterocycles. The van der Waals surface area contributed by atoms with Crippen LogP contribution in [0.25, 0.3) is 11.4 Å². The average Bonchev–Trinajstić information content (AvgIpc) is 3.51. The van der Waals surface area contributed by atoms with Gasteiger partial charge in [-0.2, -0.15) is 9.67 Å². The maximum absolute atomic E-state index is 13.5. The molecule has 0 aliphatic carbocycles. The molecule has 0 aliphatic heterocycles. The molecule has 33 heavy (non-hydrogen) atoms. The highest BCUT2D eigenvalue weighted by atomic mass is 16.5. The number of rotatable bonds is 8. The van der Waals surface area contributed by atoms with Crippen molar-refractivity contribution < 1.29 is 23.4 Å². The van der Waals surface area contributed by atoms with Crippen molar-refractivity contribution in [1.29, 1.82) is 0 Å². The summed E-state index contributed by atoms with van der Waals surface area (Å²) in [6.45, 7) is 2.34. The van der Waals surface area contributed by atoms with Gasteiger partial charge in [-0.05, 0) is 31.2 Å². The molecule has 4 aromatic rings. The van der Waals surface area contributed by atoms with Gasteiger partial charge in [0, 0.05) is 11.1 Å². The fraction of sp³-hybridized carbons (Fsp3) is 0.208. The molecular formula is C24H24N4O5. The number of hydrogen-bond acceptors (Lipinski definition) is 8. The minimum absolute atomic E-state index is 0.278. The Balaban J connectivity index is 1.76. The molecule has 2 heterocycles. The first-order valence-electron chi connectivity index (χ1n) is 10.2. The lowest BCUT2D eigenvalue weighted by Gasteiger charge is -2.14. The molecule has 0 aliphatic rings. The molecule has 0 saturated carbocycles. The lowest BCUT2D eigenvalue weighted by Crippen LogP contribution is -2.18. The highest BCUT2D eigenvalue weighted by molar-refractivity contribution is 5.98. The van der Waals surface area contributed by atoms with Gasteiger partial charge in [0.05, 0.1) is 34.1 Å². The number of anilines is 1. The molecule has 0 atom stereocenters. The number of methoxy groups -OCH3 is 3. The second-order valence-electron chi connectivity index (χ2n) is 7.19. The number of aromatic nitrogens is 3. The first-order chi connectivity index (χ1) is 16.0. The summed E-state index contributed by atoms with van der Waals surface area (Å²) < 4.78 is 22.7. The third-order valence-corrected chi connectivity index (χ3v) is 5.02. The van der Waals surface area contributed by atoms with Gasteiger partial charge >= 0.3 is 0 Å². The van der Waals surface area contributed by atoms with E-state index in [1.807, 2.05) is 37.3 Å². The second kappa shape index (κ2) is 9.47. The number of ether oxygens (including phenoxy) is 3. The lowest BCUT2D eigenvalue weighted by molar-refractivity contribution is 0.0946. The van der Waals surface area contributed by atoms with Crippen molar-refractivity contribution in [3.05, 3.63) is 71.7 Å². The number of aryl methyl sites for hydroxylation is 1. The van der Waals surface area contributed by atoms with Gasteiger partial charge < -0.3 is 23.9 Å². The zero-order valence-electron chi connectivity index (χ0n) is 18.8. The molecule has 0 bridgehead atoms. The molecule has 9 nitrogen and oxygen atoms in total. The van der Waals surface area contributed by atoms with Crippen molar-refractivity contribution in [2.24, 2.45) is 0 Å².